The molecule has 0 unspecified atom stereocenters. The van der Waals surface area contributed by atoms with Crippen LogP contribution in [0.3, 0.4) is 0 Å². The highest BCUT2D eigenvalue weighted by Gasteiger charge is 2.15. The molecule has 0 saturated carbocycles. The third kappa shape index (κ3) is 2.23. The van der Waals surface area contributed by atoms with E-state index < -0.39 is 5.97 Å². The van der Waals surface area contributed by atoms with Gasteiger partial charge in [-0.2, -0.15) is 0 Å². The Kier molecular flexibility index (Phi) is 3.00. The molecule has 0 aliphatic rings. The van der Waals surface area contributed by atoms with Crippen LogP contribution >= 0.6 is 0 Å². The molecule has 1 aromatic carbocycles. The fourth-order valence-corrected chi connectivity index (χ4v) is 1.79. The van der Waals surface area contributed by atoms with E-state index in [2.05, 4.69) is 0 Å². The van der Waals surface area contributed by atoms with E-state index in [1.54, 1.807) is 6.20 Å². The highest BCUT2D eigenvalue weighted by molar-refractivity contribution is 5.95. The lowest BCUT2D eigenvalue weighted by Crippen LogP contribution is -1.98. The maximum Gasteiger partial charge on any atom is 0.337 e. The summed E-state index contributed by atoms with van der Waals surface area (Å²) in [5.41, 5.74) is 2.06. The topological polar surface area (TPSA) is 42.2 Å². The third-order valence-corrected chi connectivity index (χ3v) is 2.76. The van der Waals surface area contributed by atoms with E-state index in [-0.39, 0.29) is 6.04 Å². The van der Waals surface area contributed by atoms with Crippen molar-refractivity contribution in [3.05, 3.63) is 48.3 Å². The van der Waals surface area contributed by atoms with Crippen molar-refractivity contribution in [2.75, 3.05) is 0 Å². The zero-order chi connectivity index (χ0) is 12.4. The molecule has 3 nitrogen and oxygen atoms in total. The number of nitrogens with zero attached hydrogens (tertiary/aromatic N) is 1. The fraction of sp³-hybridized carbons (Fsp3) is 0.214. The molecule has 0 amide bonds. The van der Waals surface area contributed by atoms with Gasteiger partial charge >= 0.3 is 5.97 Å². The molecule has 1 N–H and O–H groups in total. The molecular weight excluding hydrogens is 214 g/mol. The first kappa shape index (κ1) is 11.5. The predicted molar refractivity (Wildman–Crippen MR) is 67.2 cm³/mol. The smallest absolute Gasteiger partial charge is 0.337 e. The van der Waals surface area contributed by atoms with Crippen molar-refractivity contribution < 1.29 is 9.90 Å². The number of carboxylic acid groups (broad SMARTS) is 1. The van der Waals surface area contributed by atoms with Crippen LogP contribution in [0.4, 0.5) is 0 Å². The Hall–Kier alpha value is -2.03. The van der Waals surface area contributed by atoms with Crippen LogP contribution in [-0.2, 0) is 0 Å². The molecule has 1 aromatic heterocycles. The Bertz CT molecular complexity index is 526. The minimum atomic E-state index is -0.886. The van der Waals surface area contributed by atoms with Gasteiger partial charge in [-0.3, -0.25) is 0 Å². The molecule has 88 valence electrons. The molecule has 0 bridgehead atoms. The van der Waals surface area contributed by atoms with Gasteiger partial charge in [0.15, 0.2) is 0 Å². The van der Waals surface area contributed by atoms with Crippen LogP contribution in [0.5, 0.6) is 0 Å². The highest BCUT2D eigenvalue weighted by atomic mass is 16.4. The Labute approximate surface area is 100 Å². The second kappa shape index (κ2) is 4.45. The van der Waals surface area contributed by atoms with Gasteiger partial charge in [-0.15, -0.1) is 0 Å². The Morgan fingerprint density at radius 2 is 1.82 bits per heavy atom. The van der Waals surface area contributed by atoms with Crippen molar-refractivity contribution >= 4 is 5.97 Å². The van der Waals surface area contributed by atoms with Gasteiger partial charge < -0.3 is 9.67 Å². The van der Waals surface area contributed by atoms with Crippen molar-refractivity contribution in [2.24, 2.45) is 0 Å². The molecule has 2 aromatic rings. The summed E-state index contributed by atoms with van der Waals surface area (Å²) >= 11 is 0. The first-order valence-corrected chi connectivity index (χ1v) is 5.60. The lowest BCUT2D eigenvalue weighted by atomic mass is 10.1. The van der Waals surface area contributed by atoms with Gasteiger partial charge in [-0.25, -0.2) is 4.79 Å². The van der Waals surface area contributed by atoms with Gasteiger partial charge in [0.05, 0.1) is 5.56 Å². The molecule has 0 radical (unpaired) electrons. The number of hydrogen-bond donors (Lipinski definition) is 1. The summed E-state index contributed by atoms with van der Waals surface area (Å²) in [7, 11) is 0. The van der Waals surface area contributed by atoms with Crippen molar-refractivity contribution in [3.8, 4) is 11.1 Å². The number of benzene rings is 1. The first-order chi connectivity index (χ1) is 8.09. The Morgan fingerprint density at radius 1 is 1.18 bits per heavy atom. The van der Waals surface area contributed by atoms with Crippen molar-refractivity contribution in [1.29, 1.82) is 0 Å². The standard InChI is InChI=1S/C14H15NO2/c1-10(2)15-8-12(13(9-15)14(16)17)11-6-4-3-5-7-11/h3-10H,1-2H3,(H,16,17). The zero-order valence-electron chi connectivity index (χ0n) is 9.92. The Balaban J connectivity index is 2.56. The third-order valence-electron chi connectivity index (χ3n) is 2.76. The van der Waals surface area contributed by atoms with E-state index in [1.165, 1.54) is 0 Å². The van der Waals surface area contributed by atoms with Crippen molar-refractivity contribution in [2.45, 2.75) is 19.9 Å². The quantitative estimate of drug-likeness (QED) is 0.876. The highest BCUT2D eigenvalue weighted by Crippen LogP contribution is 2.26. The Morgan fingerprint density at radius 3 is 2.35 bits per heavy atom. The molecule has 17 heavy (non-hydrogen) atoms. The van der Waals surface area contributed by atoms with E-state index in [4.69, 9.17) is 0 Å². The monoisotopic (exact) mass is 229 g/mol. The molecule has 1 heterocycles. The second-order valence-corrected chi connectivity index (χ2v) is 4.30. The normalized spacial score (nSPS) is 10.8. The summed E-state index contributed by atoms with van der Waals surface area (Å²) in [5, 5.41) is 9.21. The number of aromatic carboxylic acids is 1. The minimum absolute atomic E-state index is 0.255. The van der Waals surface area contributed by atoms with Gasteiger partial charge in [-0.05, 0) is 19.4 Å². The van der Waals surface area contributed by atoms with Gasteiger partial charge in [0.25, 0.3) is 0 Å². The van der Waals surface area contributed by atoms with E-state index in [9.17, 15) is 9.90 Å². The first-order valence-electron chi connectivity index (χ1n) is 5.60. The van der Waals surface area contributed by atoms with Crippen LogP contribution in [0, 0.1) is 0 Å². The number of rotatable bonds is 3. The molecule has 2 rings (SSSR count). The molecule has 0 aliphatic heterocycles. The molecule has 0 fully saturated rings. The lowest BCUT2D eigenvalue weighted by Gasteiger charge is -2.05. The summed E-state index contributed by atoms with van der Waals surface area (Å²) < 4.78 is 1.92. The molecule has 0 spiro atoms. The SMILES string of the molecule is CC(C)n1cc(C(=O)O)c(-c2ccccc2)c1. The summed E-state index contributed by atoms with van der Waals surface area (Å²) in [5.74, 6) is -0.886. The summed E-state index contributed by atoms with van der Waals surface area (Å²) in [6.45, 7) is 4.06. The van der Waals surface area contributed by atoms with Gasteiger partial charge in [0, 0.05) is 24.0 Å². The maximum absolute atomic E-state index is 11.2. The van der Waals surface area contributed by atoms with E-state index in [0.29, 0.717) is 5.56 Å². The fourth-order valence-electron chi connectivity index (χ4n) is 1.79. The van der Waals surface area contributed by atoms with Crippen LogP contribution in [0.1, 0.15) is 30.2 Å². The summed E-state index contributed by atoms with van der Waals surface area (Å²) in [6.07, 6.45) is 3.58. The van der Waals surface area contributed by atoms with Crippen LogP contribution in [0.2, 0.25) is 0 Å². The number of carbonyl (C=O) groups is 1. The second-order valence-electron chi connectivity index (χ2n) is 4.30. The minimum Gasteiger partial charge on any atom is -0.478 e. The predicted octanol–water partition coefficient (Wildman–Crippen LogP) is 3.43. The van der Waals surface area contributed by atoms with Gasteiger partial charge in [-0.1, -0.05) is 30.3 Å². The van der Waals surface area contributed by atoms with Crippen LogP contribution in [0.15, 0.2) is 42.7 Å². The molecule has 0 aliphatic carbocycles. The molecule has 0 atom stereocenters. The number of hydrogen-bond acceptors (Lipinski definition) is 1. The van der Waals surface area contributed by atoms with E-state index in [1.807, 2.05) is 54.9 Å². The number of carboxylic acids is 1. The largest absolute Gasteiger partial charge is 0.478 e. The molecular formula is C14H15NO2. The average molecular weight is 229 g/mol. The lowest BCUT2D eigenvalue weighted by molar-refractivity contribution is 0.0697. The van der Waals surface area contributed by atoms with Crippen molar-refractivity contribution in [1.82, 2.24) is 4.57 Å². The van der Waals surface area contributed by atoms with Crippen LogP contribution in [0.25, 0.3) is 11.1 Å². The number of aromatic nitrogens is 1. The van der Waals surface area contributed by atoms with E-state index >= 15 is 0 Å². The summed E-state index contributed by atoms with van der Waals surface area (Å²) in [4.78, 5) is 11.2. The summed E-state index contributed by atoms with van der Waals surface area (Å²) in [6, 6.07) is 9.84. The van der Waals surface area contributed by atoms with Gasteiger partial charge in [0.2, 0.25) is 0 Å². The van der Waals surface area contributed by atoms with Gasteiger partial charge in [0.1, 0.15) is 0 Å². The van der Waals surface area contributed by atoms with Crippen molar-refractivity contribution in [3.63, 3.8) is 0 Å². The maximum atomic E-state index is 11.2. The van der Waals surface area contributed by atoms with Crippen LogP contribution < -0.4 is 0 Å². The zero-order valence-corrected chi connectivity index (χ0v) is 9.92. The molecule has 0 saturated heterocycles. The van der Waals surface area contributed by atoms with Crippen LogP contribution in [-0.4, -0.2) is 15.6 Å². The molecule has 3 heteroatoms. The van der Waals surface area contributed by atoms with E-state index in [0.717, 1.165) is 11.1 Å². The average Bonchev–Trinajstić information content (AvgIpc) is 2.75.